The summed E-state index contributed by atoms with van der Waals surface area (Å²) < 4.78 is 36.6. The van der Waals surface area contributed by atoms with Gasteiger partial charge in [-0.1, -0.05) is 12.1 Å². The lowest BCUT2D eigenvalue weighted by atomic mass is 9.97. The number of hydrogen-bond acceptors (Lipinski definition) is 2. The molecule has 7 heteroatoms. The van der Waals surface area contributed by atoms with Gasteiger partial charge < -0.3 is 10.2 Å². The van der Waals surface area contributed by atoms with E-state index in [1.54, 1.807) is 13.8 Å². The van der Waals surface area contributed by atoms with Gasteiger partial charge in [-0.3, -0.25) is 9.59 Å². The second-order valence-corrected chi connectivity index (χ2v) is 6.08. The Bertz CT molecular complexity index is 594. The van der Waals surface area contributed by atoms with Crippen LogP contribution < -0.4 is 5.32 Å². The molecule has 0 saturated carbocycles. The van der Waals surface area contributed by atoms with Gasteiger partial charge >= 0.3 is 6.18 Å². The number of rotatable bonds is 3. The average Bonchev–Trinajstić information content (AvgIpc) is 2.47. The molecule has 1 aromatic rings. The Morgan fingerprint density at radius 3 is 2.43 bits per heavy atom. The quantitative estimate of drug-likeness (QED) is 0.927. The van der Waals surface area contributed by atoms with Crippen LogP contribution in [0.5, 0.6) is 0 Å². The third kappa shape index (κ3) is 4.03. The topological polar surface area (TPSA) is 49.4 Å². The smallest absolute Gasteiger partial charge is 0.352 e. The minimum absolute atomic E-state index is 0.115. The van der Waals surface area contributed by atoms with E-state index in [1.165, 1.54) is 29.2 Å². The molecular formula is C16H19F3N2O2. The fourth-order valence-electron chi connectivity index (χ4n) is 2.51. The van der Waals surface area contributed by atoms with Crippen molar-refractivity contribution >= 4 is 11.8 Å². The van der Waals surface area contributed by atoms with E-state index in [0.29, 0.717) is 24.2 Å². The standard InChI is InChI=1S/C16H19F3N2O2/c1-15(2)14(23)20-9-10-21(15)13(22)12-5-3-11(4-6-12)7-8-16(17,18)19/h3-6H,7-10H2,1-2H3,(H,20,23). The van der Waals surface area contributed by atoms with Crippen molar-refractivity contribution in [3.05, 3.63) is 35.4 Å². The van der Waals surface area contributed by atoms with E-state index in [9.17, 15) is 22.8 Å². The summed E-state index contributed by atoms with van der Waals surface area (Å²) in [6.07, 6.45) is -5.20. The molecule has 1 heterocycles. The van der Waals surface area contributed by atoms with Crippen molar-refractivity contribution in [3.8, 4) is 0 Å². The number of carbonyl (C=O) groups excluding carboxylic acids is 2. The molecule has 1 aliphatic rings. The van der Waals surface area contributed by atoms with Crippen LogP contribution in [0.1, 0.15) is 36.2 Å². The normalized spacial score (nSPS) is 17.8. The second kappa shape index (κ2) is 6.22. The molecule has 1 aromatic carbocycles. The number of halogens is 3. The Balaban J connectivity index is 2.10. The first-order valence-corrected chi connectivity index (χ1v) is 7.37. The zero-order valence-corrected chi connectivity index (χ0v) is 13.0. The molecule has 0 aliphatic carbocycles. The Morgan fingerprint density at radius 2 is 1.87 bits per heavy atom. The van der Waals surface area contributed by atoms with Crippen LogP contribution in [-0.2, 0) is 11.2 Å². The molecule has 0 aromatic heterocycles. The van der Waals surface area contributed by atoms with Gasteiger partial charge in [-0.15, -0.1) is 0 Å². The molecular weight excluding hydrogens is 309 g/mol. The van der Waals surface area contributed by atoms with Crippen LogP contribution >= 0.6 is 0 Å². The molecule has 0 spiro atoms. The zero-order chi connectivity index (χ0) is 17.3. The van der Waals surface area contributed by atoms with Crippen molar-refractivity contribution in [1.29, 1.82) is 0 Å². The average molecular weight is 328 g/mol. The van der Waals surface area contributed by atoms with Crippen molar-refractivity contribution in [1.82, 2.24) is 10.2 Å². The summed E-state index contributed by atoms with van der Waals surface area (Å²) in [5, 5.41) is 2.71. The van der Waals surface area contributed by atoms with Gasteiger partial charge in [0.25, 0.3) is 5.91 Å². The van der Waals surface area contributed by atoms with Crippen LogP contribution in [-0.4, -0.2) is 41.5 Å². The minimum Gasteiger partial charge on any atom is -0.352 e. The lowest BCUT2D eigenvalue weighted by Gasteiger charge is -2.41. The molecule has 1 N–H and O–H groups in total. The summed E-state index contributed by atoms with van der Waals surface area (Å²) in [7, 11) is 0. The summed E-state index contributed by atoms with van der Waals surface area (Å²) in [5.41, 5.74) is -0.0670. The molecule has 0 unspecified atom stereocenters. The number of nitrogens with zero attached hydrogens (tertiary/aromatic N) is 1. The first-order chi connectivity index (χ1) is 10.6. The van der Waals surface area contributed by atoms with E-state index in [4.69, 9.17) is 0 Å². The van der Waals surface area contributed by atoms with Crippen LogP contribution in [0, 0.1) is 0 Å². The van der Waals surface area contributed by atoms with Crippen molar-refractivity contribution < 1.29 is 22.8 Å². The highest BCUT2D eigenvalue weighted by molar-refractivity contribution is 5.99. The van der Waals surface area contributed by atoms with E-state index in [0.717, 1.165) is 0 Å². The molecule has 1 fully saturated rings. The molecule has 2 rings (SSSR count). The van der Waals surface area contributed by atoms with Crippen molar-refractivity contribution in [2.24, 2.45) is 0 Å². The van der Waals surface area contributed by atoms with Crippen molar-refractivity contribution in [2.45, 2.75) is 38.4 Å². The van der Waals surface area contributed by atoms with E-state index < -0.39 is 18.1 Å². The Hall–Kier alpha value is -2.05. The summed E-state index contributed by atoms with van der Waals surface area (Å²) in [6.45, 7) is 4.11. The highest BCUT2D eigenvalue weighted by Crippen LogP contribution is 2.23. The van der Waals surface area contributed by atoms with E-state index >= 15 is 0 Å². The summed E-state index contributed by atoms with van der Waals surface area (Å²) in [4.78, 5) is 25.9. The molecule has 126 valence electrons. The first kappa shape index (κ1) is 17.3. The van der Waals surface area contributed by atoms with Gasteiger partial charge in [0.15, 0.2) is 0 Å². The predicted molar refractivity (Wildman–Crippen MR) is 78.9 cm³/mol. The third-order valence-corrected chi connectivity index (χ3v) is 3.99. The maximum Gasteiger partial charge on any atom is 0.389 e. The maximum absolute atomic E-state index is 12.6. The predicted octanol–water partition coefficient (Wildman–Crippen LogP) is 2.53. The molecule has 2 amide bonds. The Labute approximate surface area is 132 Å². The first-order valence-electron chi connectivity index (χ1n) is 7.37. The monoisotopic (exact) mass is 328 g/mol. The number of nitrogens with one attached hydrogen (secondary N) is 1. The fraction of sp³-hybridized carbons (Fsp3) is 0.500. The number of amides is 2. The van der Waals surface area contributed by atoms with Crippen LogP contribution in [0.2, 0.25) is 0 Å². The van der Waals surface area contributed by atoms with E-state index in [-0.39, 0.29) is 18.2 Å². The van der Waals surface area contributed by atoms with Gasteiger partial charge in [-0.25, -0.2) is 0 Å². The number of aryl methyl sites for hydroxylation is 1. The number of benzene rings is 1. The largest absolute Gasteiger partial charge is 0.389 e. The van der Waals surface area contributed by atoms with E-state index in [1.807, 2.05) is 0 Å². The highest BCUT2D eigenvalue weighted by Gasteiger charge is 2.40. The van der Waals surface area contributed by atoms with Crippen LogP contribution in [0.25, 0.3) is 0 Å². The molecule has 0 bridgehead atoms. The number of alkyl halides is 3. The third-order valence-electron chi connectivity index (χ3n) is 3.99. The molecule has 0 radical (unpaired) electrons. The van der Waals surface area contributed by atoms with Crippen LogP contribution in [0.15, 0.2) is 24.3 Å². The molecule has 1 aliphatic heterocycles. The lowest BCUT2D eigenvalue weighted by Crippen LogP contribution is -2.63. The van der Waals surface area contributed by atoms with Gasteiger partial charge in [0.1, 0.15) is 5.54 Å². The number of hydrogen-bond donors (Lipinski definition) is 1. The zero-order valence-electron chi connectivity index (χ0n) is 13.0. The molecule has 1 saturated heterocycles. The Kier molecular flexibility index (Phi) is 4.68. The highest BCUT2D eigenvalue weighted by atomic mass is 19.4. The lowest BCUT2D eigenvalue weighted by molar-refractivity contribution is -0.134. The minimum atomic E-state index is -4.19. The fourth-order valence-corrected chi connectivity index (χ4v) is 2.51. The second-order valence-electron chi connectivity index (χ2n) is 6.08. The van der Waals surface area contributed by atoms with Crippen molar-refractivity contribution in [2.75, 3.05) is 13.1 Å². The van der Waals surface area contributed by atoms with Gasteiger partial charge in [0.05, 0.1) is 0 Å². The van der Waals surface area contributed by atoms with Crippen LogP contribution in [0.3, 0.4) is 0 Å². The van der Waals surface area contributed by atoms with Gasteiger partial charge in [-0.05, 0) is 38.0 Å². The summed E-state index contributed by atoms with van der Waals surface area (Å²) in [5.74, 6) is -0.522. The van der Waals surface area contributed by atoms with E-state index in [2.05, 4.69) is 5.32 Å². The summed E-state index contributed by atoms with van der Waals surface area (Å²) >= 11 is 0. The Morgan fingerprint density at radius 1 is 1.26 bits per heavy atom. The number of carbonyl (C=O) groups is 2. The SMILES string of the molecule is CC1(C)C(=O)NCCN1C(=O)c1ccc(CCC(F)(F)F)cc1. The van der Waals surface area contributed by atoms with Crippen LogP contribution in [0.4, 0.5) is 13.2 Å². The molecule has 0 atom stereocenters. The van der Waals surface area contributed by atoms with Crippen molar-refractivity contribution in [3.63, 3.8) is 0 Å². The van der Waals surface area contributed by atoms with Gasteiger partial charge in [0, 0.05) is 25.1 Å². The van der Waals surface area contributed by atoms with Gasteiger partial charge in [-0.2, -0.15) is 13.2 Å². The maximum atomic E-state index is 12.6. The number of piperazine rings is 1. The molecule has 23 heavy (non-hydrogen) atoms. The van der Waals surface area contributed by atoms with Gasteiger partial charge in [0.2, 0.25) is 5.91 Å². The summed E-state index contributed by atoms with van der Waals surface area (Å²) in [6, 6.07) is 6.07. The molecule has 4 nitrogen and oxygen atoms in total.